The van der Waals surface area contributed by atoms with Gasteiger partial charge in [0.25, 0.3) is 5.91 Å². The number of carbonyl (C=O) groups is 1. The Morgan fingerprint density at radius 2 is 2.00 bits per heavy atom. The fourth-order valence-corrected chi connectivity index (χ4v) is 3.18. The number of anilines is 1. The van der Waals surface area contributed by atoms with E-state index in [1.54, 1.807) is 46.9 Å². The smallest absolute Gasteiger partial charge is 0.481 e. The highest BCUT2D eigenvalue weighted by Gasteiger charge is 2.16. The number of fused-ring (bicyclic) bond motifs is 1. The number of carbonyl (C=O) groups excluding carboxylic acids is 1. The van der Waals surface area contributed by atoms with Gasteiger partial charge in [0, 0.05) is 12.6 Å². The lowest BCUT2D eigenvalue weighted by atomic mass is 9.80. The van der Waals surface area contributed by atoms with E-state index < -0.39 is 13.0 Å². The molecule has 0 spiro atoms. The zero-order valence-corrected chi connectivity index (χ0v) is 16.6. The van der Waals surface area contributed by atoms with Crippen molar-refractivity contribution in [1.29, 1.82) is 0 Å². The van der Waals surface area contributed by atoms with Crippen LogP contribution in [0.15, 0.2) is 54.9 Å². The molecule has 0 bridgehead atoms. The van der Waals surface area contributed by atoms with Crippen molar-refractivity contribution in [3.63, 3.8) is 0 Å². The largest absolute Gasteiger partial charge is 0.488 e. The monoisotopic (exact) mass is 418 g/mol. The summed E-state index contributed by atoms with van der Waals surface area (Å²) in [6, 6.07) is 13.7. The van der Waals surface area contributed by atoms with E-state index in [0.29, 0.717) is 46.4 Å². The van der Waals surface area contributed by atoms with E-state index >= 15 is 0 Å². The minimum Gasteiger partial charge on any atom is -0.481 e. The number of pyridine rings is 1. The molecule has 0 saturated carbocycles. The number of hydrogen-bond donors (Lipinski definition) is 4. The van der Waals surface area contributed by atoms with Crippen LogP contribution in [0.3, 0.4) is 0 Å². The third-order valence-electron chi connectivity index (χ3n) is 4.67. The molecule has 0 fully saturated rings. The number of primary amides is 1. The van der Waals surface area contributed by atoms with E-state index in [0.717, 1.165) is 5.56 Å². The number of aromatic nitrogens is 4. The quantitative estimate of drug-likeness (QED) is 0.311. The Morgan fingerprint density at radius 1 is 1.19 bits per heavy atom. The maximum atomic E-state index is 11.7. The number of amides is 1. The lowest BCUT2D eigenvalue weighted by Gasteiger charge is -2.10. The molecule has 0 aliphatic carbocycles. The van der Waals surface area contributed by atoms with Crippen LogP contribution in [0.5, 0.6) is 5.88 Å². The molecule has 0 saturated heterocycles. The first kappa shape index (κ1) is 20.3. The Morgan fingerprint density at radius 3 is 2.74 bits per heavy atom. The van der Waals surface area contributed by atoms with Crippen molar-refractivity contribution in [2.24, 2.45) is 5.73 Å². The normalized spacial score (nSPS) is 10.8. The van der Waals surface area contributed by atoms with Crippen LogP contribution in [0.2, 0.25) is 0 Å². The molecule has 3 aromatic heterocycles. The van der Waals surface area contributed by atoms with E-state index in [-0.39, 0.29) is 0 Å². The molecule has 3 heterocycles. The lowest BCUT2D eigenvalue weighted by molar-refractivity contribution is 0.0994. The predicted octanol–water partition coefficient (Wildman–Crippen LogP) is 0.191. The van der Waals surface area contributed by atoms with Gasteiger partial charge in [0.15, 0.2) is 5.82 Å². The molecule has 156 valence electrons. The standard InChI is InChI=1S/C20H19BN6O4/c1-31-17-9-16(23-10-12-4-2-5-13(8-12)21(29)30)25-20(26-17)18-14-6-3-7-15(19(22)28)27(14)11-24-18/h2-9,11,29-30H,10H2,1H3,(H2,22,28)(H,23,25,26). The molecular formula is C20H19BN6O4. The Kier molecular flexibility index (Phi) is 5.52. The van der Waals surface area contributed by atoms with Gasteiger partial charge in [-0.05, 0) is 23.2 Å². The van der Waals surface area contributed by atoms with Gasteiger partial charge in [-0.3, -0.25) is 9.20 Å². The number of nitrogens with two attached hydrogens (primary N) is 1. The molecule has 5 N–H and O–H groups in total. The summed E-state index contributed by atoms with van der Waals surface area (Å²) < 4.78 is 6.89. The first-order chi connectivity index (χ1) is 15.0. The van der Waals surface area contributed by atoms with Gasteiger partial charge in [-0.15, -0.1) is 0 Å². The third kappa shape index (κ3) is 4.18. The number of nitrogens with one attached hydrogen (secondary N) is 1. The Hall–Kier alpha value is -3.96. The van der Waals surface area contributed by atoms with Gasteiger partial charge < -0.3 is 25.8 Å². The number of hydrogen-bond acceptors (Lipinski definition) is 8. The van der Waals surface area contributed by atoms with Gasteiger partial charge in [-0.1, -0.05) is 30.3 Å². The van der Waals surface area contributed by atoms with Crippen LogP contribution >= 0.6 is 0 Å². The second kappa shape index (κ2) is 8.42. The van der Waals surface area contributed by atoms with Crippen LogP contribution < -0.4 is 21.3 Å². The topological polar surface area (TPSA) is 148 Å². The molecule has 4 rings (SSSR count). The van der Waals surface area contributed by atoms with Crippen molar-refractivity contribution in [3.8, 4) is 17.4 Å². The molecule has 0 atom stereocenters. The van der Waals surface area contributed by atoms with Crippen LogP contribution in [0.4, 0.5) is 5.82 Å². The fourth-order valence-electron chi connectivity index (χ4n) is 3.18. The van der Waals surface area contributed by atoms with Crippen LogP contribution in [-0.2, 0) is 6.54 Å². The van der Waals surface area contributed by atoms with Crippen LogP contribution in [0.1, 0.15) is 16.1 Å². The van der Waals surface area contributed by atoms with E-state index in [9.17, 15) is 14.8 Å². The summed E-state index contributed by atoms with van der Waals surface area (Å²) >= 11 is 0. The number of benzene rings is 1. The van der Waals surface area contributed by atoms with Crippen LogP contribution in [0, 0.1) is 0 Å². The predicted molar refractivity (Wildman–Crippen MR) is 115 cm³/mol. The molecule has 0 unspecified atom stereocenters. The van der Waals surface area contributed by atoms with Gasteiger partial charge in [0.2, 0.25) is 5.88 Å². The summed E-state index contributed by atoms with van der Waals surface area (Å²) in [6.45, 7) is 0.385. The summed E-state index contributed by atoms with van der Waals surface area (Å²) in [5, 5.41) is 21.9. The fraction of sp³-hybridized carbons (Fsp3) is 0.100. The molecule has 0 radical (unpaired) electrons. The highest BCUT2D eigenvalue weighted by atomic mass is 16.5. The SMILES string of the molecule is COc1cc(NCc2cccc(B(O)O)c2)nc(-c2ncn3c(C(N)=O)cccc23)n1. The number of ether oxygens (including phenoxy) is 1. The average Bonchev–Trinajstić information content (AvgIpc) is 3.21. The van der Waals surface area contributed by atoms with Crippen LogP contribution in [-0.4, -0.2) is 49.5 Å². The molecule has 10 nitrogen and oxygen atoms in total. The second-order valence-electron chi connectivity index (χ2n) is 6.72. The molecule has 0 aliphatic rings. The highest BCUT2D eigenvalue weighted by molar-refractivity contribution is 6.58. The third-order valence-corrected chi connectivity index (χ3v) is 4.67. The van der Waals surface area contributed by atoms with Crippen molar-refractivity contribution in [2.45, 2.75) is 6.54 Å². The molecule has 0 aliphatic heterocycles. The van der Waals surface area contributed by atoms with Crippen molar-refractivity contribution in [1.82, 2.24) is 19.4 Å². The molecular weight excluding hydrogens is 399 g/mol. The first-order valence-electron chi connectivity index (χ1n) is 9.34. The van der Waals surface area contributed by atoms with E-state index in [4.69, 9.17) is 10.5 Å². The van der Waals surface area contributed by atoms with Crippen molar-refractivity contribution in [3.05, 3.63) is 66.1 Å². The summed E-state index contributed by atoms with van der Waals surface area (Å²) in [6.07, 6.45) is 1.49. The molecule has 1 aromatic carbocycles. The average molecular weight is 418 g/mol. The summed E-state index contributed by atoms with van der Waals surface area (Å²) in [4.78, 5) is 25.0. The van der Waals surface area contributed by atoms with E-state index in [1.165, 1.54) is 13.4 Å². The van der Waals surface area contributed by atoms with Crippen molar-refractivity contribution >= 4 is 29.8 Å². The van der Waals surface area contributed by atoms with Gasteiger partial charge >= 0.3 is 7.12 Å². The van der Waals surface area contributed by atoms with Gasteiger partial charge in [0.1, 0.15) is 23.5 Å². The van der Waals surface area contributed by atoms with Crippen molar-refractivity contribution < 1.29 is 19.6 Å². The van der Waals surface area contributed by atoms with Gasteiger partial charge in [-0.2, -0.15) is 4.98 Å². The molecule has 1 amide bonds. The minimum atomic E-state index is -1.54. The molecule has 31 heavy (non-hydrogen) atoms. The number of imidazole rings is 1. The van der Waals surface area contributed by atoms with E-state index in [2.05, 4.69) is 20.3 Å². The maximum Gasteiger partial charge on any atom is 0.488 e. The number of methoxy groups -OCH3 is 1. The van der Waals surface area contributed by atoms with Gasteiger partial charge in [0.05, 0.1) is 12.6 Å². The lowest BCUT2D eigenvalue weighted by Crippen LogP contribution is -2.30. The molecule has 11 heteroatoms. The molecule has 4 aromatic rings. The van der Waals surface area contributed by atoms with Crippen LogP contribution in [0.25, 0.3) is 17.0 Å². The number of rotatable bonds is 7. The Bertz CT molecular complexity index is 1260. The Labute approximate surface area is 177 Å². The van der Waals surface area contributed by atoms with E-state index in [1.807, 2.05) is 6.07 Å². The summed E-state index contributed by atoms with van der Waals surface area (Å²) in [5.41, 5.74) is 8.06. The second-order valence-corrected chi connectivity index (χ2v) is 6.72. The summed E-state index contributed by atoms with van der Waals surface area (Å²) in [5.74, 6) is 0.562. The minimum absolute atomic E-state index is 0.295. The van der Waals surface area contributed by atoms with Gasteiger partial charge in [-0.25, -0.2) is 9.97 Å². The van der Waals surface area contributed by atoms with Crippen molar-refractivity contribution in [2.75, 3.05) is 12.4 Å². The first-order valence-corrected chi connectivity index (χ1v) is 9.34. The highest BCUT2D eigenvalue weighted by Crippen LogP contribution is 2.25. The Balaban J connectivity index is 1.67. The number of nitrogens with zero attached hydrogens (tertiary/aromatic N) is 4. The summed E-state index contributed by atoms with van der Waals surface area (Å²) in [7, 11) is -0.0384. The zero-order chi connectivity index (χ0) is 22.0. The maximum absolute atomic E-state index is 11.7. The zero-order valence-electron chi connectivity index (χ0n) is 16.6.